The zero-order chi connectivity index (χ0) is 8.97. The lowest BCUT2D eigenvalue weighted by molar-refractivity contribution is -0.116. The number of ketones is 1. The molecule has 2 heteroatoms. The summed E-state index contributed by atoms with van der Waals surface area (Å²) >= 11 is 0. The third-order valence-electron chi connectivity index (χ3n) is 2.47. The van der Waals surface area contributed by atoms with E-state index < -0.39 is 0 Å². The molecule has 0 saturated carbocycles. The van der Waals surface area contributed by atoms with E-state index in [-0.39, 0.29) is 11.7 Å². The normalized spacial score (nSPS) is 20.0. The molecule has 1 heterocycles. The molecule has 0 aliphatic carbocycles. The highest BCUT2D eigenvalue weighted by molar-refractivity contribution is 6.40. The Morgan fingerprint density at radius 1 is 1.58 bits per heavy atom. The molecule has 0 saturated heterocycles. The Bertz CT molecular complexity index is 196. The topological polar surface area (TPSA) is 29.4 Å². The Hall–Kier alpha value is -0.660. The fourth-order valence-electron chi connectivity index (χ4n) is 1.37. The largest absolute Gasteiger partial charge is 0.293 e. The van der Waals surface area contributed by atoms with Crippen molar-refractivity contribution in [2.45, 2.75) is 39.5 Å². The summed E-state index contributed by atoms with van der Waals surface area (Å²) in [4.78, 5) is 15.9. The number of nitrogens with zero attached hydrogens (tertiary/aromatic N) is 1. The van der Waals surface area contributed by atoms with Crippen molar-refractivity contribution in [3.63, 3.8) is 0 Å². The van der Waals surface area contributed by atoms with E-state index in [1.807, 2.05) is 13.8 Å². The van der Waals surface area contributed by atoms with E-state index in [0.717, 1.165) is 37.9 Å². The van der Waals surface area contributed by atoms with Gasteiger partial charge in [0, 0.05) is 12.5 Å². The number of rotatable bonds is 3. The van der Waals surface area contributed by atoms with E-state index in [1.54, 1.807) is 0 Å². The van der Waals surface area contributed by atoms with Crippen molar-refractivity contribution in [2.75, 3.05) is 6.54 Å². The minimum absolute atomic E-state index is 0.168. The summed E-state index contributed by atoms with van der Waals surface area (Å²) in [5.41, 5.74) is 0.843. The van der Waals surface area contributed by atoms with Gasteiger partial charge in [0.25, 0.3) is 0 Å². The van der Waals surface area contributed by atoms with Gasteiger partial charge in [0.1, 0.15) is 0 Å². The molecule has 0 radical (unpaired) electrons. The number of hydrogen-bond donors (Lipinski definition) is 0. The maximum Gasteiger partial charge on any atom is 0.179 e. The molecule has 0 spiro atoms. The summed E-state index contributed by atoms with van der Waals surface area (Å²) in [6.45, 7) is 4.89. The van der Waals surface area contributed by atoms with Crippen LogP contribution in [0.25, 0.3) is 0 Å². The summed E-state index contributed by atoms with van der Waals surface area (Å²) in [7, 11) is 0. The smallest absolute Gasteiger partial charge is 0.179 e. The maximum atomic E-state index is 11.6. The van der Waals surface area contributed by atoms with Crippen LogP contribution in [0.3, 0.4) is 0 Å². The predicted molar refractivity (Wildman–Crippen MR) is 50.6 cm³/mol. The van der Waals surface area contributed by atoms with Gasteiger partial charge in [-0.1, -0.05) is 13.8 Å². The number of aliphatic imine (C=N–C) groups is 1. The van der Waals surface area contributed by atoms with Gasteiger partial charge in [0.05, 0.1) is 5.71 Å². The monoisotopic (exact) mass is 167 g/mol. The highest BCUT2D eigenvalue weighted by atomic mass is 16.1. The average Bonchev–Trinajstić information content (AvgIpc) is 2.17. The molecule has 12 heavy (non-hydrogen) atoms. The predicted octanol–water partition coefficient (Wildman–Crippen LogP) is 2.23. The Labute approximate surface area is 74.1 Å². The fraction of sp³-hybridized carbons (Fsp3) is 0.800. The molecule has 1 atom stereocenters. The summed E-state index contributed by atoms with van der Waals surface area (Å²) in [6, 6.07) is 0. The van der Waals surface area contributed by atoms with Crippen LogP contribution >= 0.6 is 0 Å². The van der Waals surface area contributed by atoms with Crippen LogP contribution < -0.4 is 0 Å². The van der Waals surface area contributed by atoms with Gasteiger partial charge in [0.2, 0.25) is 0 Å². The SMILES string of the molecule is CCC(C)C(=O)C1=NCCCC1. The number of carbonyl (C=O) groups excluding carboxylic acids is 1. The first-order valence-corrected chi connectivity index (χ1v) is 4.83. The van der Waals surface area contributed by atoms with E-state index in [9.17, 15) is 4.79 Å². The molecule has 0 fully saturated rings. The molecule has 0 bridgehead atoms. The van der Waals surface area contributed by atoms with Crippen LogP contribution in [-0.4, -0.2) is 18.0 Å². The molecule has 1 rings (SSSR count). The number of hydrogen-bond acceptors (Lipinski definition) is 2. The second-order valence-corrected chi connectivity index (χ2v) is 3.46. The lowest BCUT2D eigenvalue weighted by Gasteiger charge is -2.13. The maximum absolute atomic E-state index is 11.6. The van der Waals surface area contributed by atoms with Crippen LogP contribution in [-0.2, 0) is 4.79 Å². The van der Waals surface area contributed by atoms with Crippen molar-refractivity contribution >= 4 is 11.5 Å². The van der Waals surface area contributed by atoms with Crippen LogP contribution in [0.4, 0.5) is 0 Å². The Morgan fingerprint density at radius 2 is 2.33 bits per heavy atom. The van der Waals surface area contributed by atoms with Crippen LogP contribution in [0.2, 0.25) is 0 Å². The number of Topliss-reactive ketones (excluding diaryl/α,β-unsaturated/α-hetero) is 1. The second-order valence-electron chi connectivity index (χ2n) is 3.46. The van der Waals surface area contributed by atoms with Crippen LogP contribution in [0, 0.1) is 5.92 Å². The quantitative estimate of drug-likeness (QED) is 0.633. The van der Waals surface area contributed by atoms with E-state index in [4.69, 9.17) is 0 Å². The first-order chi connectivity index (χ1) is 5.75. The highest BCUT2D eigenvalue weighted by Gasteiger charge is 2.18. The minimum atomic E-state index is 0.168. The van der Waals surface area contributed by atoms with E-state index >= 15 is 0 Å². The van der Waals surface area contributed by atoms with Gasteiger partial charge in [-0.15, -0.1) is 0 Å². The third-order valence-corrected chi connectivity index (χ3v) is 2.47. The molecule has 0 aromatic rings. The molecule has 2 nitrogen and oxygen atoms in total. The lowest BCUT2D eigenvalue weighted by Crippen LogP contribution is -2.23. The van der Waals surface area contributed by atoms with Gasteiger partial charge in [-0.25, -0.2) is 0 Å². The van der Waals surface area contributed by atoms with E-state index in [0.29, 0.717) is 0 Å². The summed E-state index contributed by atoms with van der Waals surface area (Å²) in [5.74, 6) is 0.444. The highest BCUT2D eigenvalue weighted by Crippen LogP contribution is 2.12. The molecule has 0 aromatic carbocycles. The second kappa shape index (κ2) is 4.39. The van der Waals surface area contributed by atoms with Gasteiger partial charge in [-0.2, -0.15) is 0 Å². The zero-order valence-electron chi connectivity index (χ0n) is 7.97. The van der Waals surface area contributed by atoms with E-state index in [2.05, 4.69) is 4.99 Å². The molecular weight excluding hydrogens is 150 g/mol. The van der Waals surface area contributed by atoms with Gasteiger partial charge in [-0.05, 0) is 25.7 Å². The van der Waals surface area contributed by atoms with Crippen molar-refractivity contribution in [3.8, 4) is 0 Å². The molecule has 68 valence electrons. The van der Waals surface area contributed by atoms with E-state index in [1.165, 1.54) is 0 Å². The van der Waals surface area contributed by atoms with Crippen molar-refractivity contribution < 1.29 is 4.79 Å². The molecule has 0 amide bonds. The molecule has 1 unspecified atom stereocenters. The van der Waals surface area contributed by atoms with Crippen molar-refractivity contribution in [2.24, 2.45) is 10.9 Å². The molecule has 1 aliphatic rings. The van der Waals surface area contributed by atoms with Crippen molar-refractivity contribution in [1.82, 2.24) is 0 Å². The van der Waals surface area contributed by atoms with Gasteiger partial charge >= 0.3 is 0 Å². The van der Waals surface area contributed by atoms with Crippen LogP contribution in [0.5, 0.6) is 0 Å². The zero-order valence-corrected chi connectivity index (χ0v) is 7.97. The lowest BCUT2D eigenvalue weighted by atomic mass is 9.95. The Kier molecular flexibility index (Phi) is 3.45. The summed E-state index contributed by atoms with van der Waals surface area (Å²) in [5, 5.41) is 0. The standard InChI is InChI=1S/C10H17NO/c1-3-8(2)10(12)9-6-4-5-7-11-9/h8H,3-7H2,1-2H3. The first-order valence-electron chi connectivity index (χ1n) is 4.83. The van der Waals surface area contributed by atoms with Crippen LogP contribution in [0.15, 0.2) is 4.99 Å². The average molecular weight is 167 g/mol. The van der Waals surface area contributed by atoms with Crippen molar-refractivity contribution in [1.29, 1.82) is 0 Å². The first kappa shape index (κ1) is 9.43. The van der Waals surface area contributed by atoms with Crippen molar-refractivity contribution in [3.05, 3.63) is 0 Å². The summed E-state index contributed by atoms with van der Waals surface area (Å²) in [6.07, 6.45) is 4.12. The van der Waals surface area contributed by atoms with Crippen LogP contribution in [0.1, 0.15) is 39.5 Å². The summed E-state index contributed by atoms with van der Waals surface area (Å²) < 4.78 is 0. The third kappa shape index (κ3) is 2.16. The molecule has 1 aliphatic heterocycles. The molecule has 0 N–H and O–H groups in total. The fourth-order valence-corrected chi connectivity index (χ4v) is 1.37. The Morgan fingerprint density at radius 3 is 2.83 bits per heavy atom. The Balaban J connectivity index is 2.56. The number of carbonyl (C=O) groups is 1. The van der Waals surface area contributed by atoms with Gasteiger partial charge in [-0.3, -0.25) is 9.79 Å². The minimum Gasteiger partial charge on any atom is -0.293 e. The molecular formula is C10H17NO. The van der Waals surface area contributed by atoms with Gasteiger partial charge in [0.15, 0.2) is 5.78 Å². The molecule has 0 aromatic heterocycles. The van der Waals surface area contributed by atoms with Gasteiger partial charge < -0.3 is 0 Å².